The van der Waals surface area contributed by atoms with Crippen LogP contribution in [-0.2, 0) is 0 Å². The van der Waals surface area contributed by atoms with Crippen LogP contribution in [0.5, 0.6) is 0 Å². The Morgan fingerprint density at radius 3 is 1.67 bits per heavy atom. The van der Waals surface area contributed by atoms with Crippen LogP contribution in [-0.4, -0.2) is 9.13 Å². The van der Waals surface area contributed by atoms with Crippen molar-refractivity contribution in [2.45, 2.75) is 0 Å². The molecular weight excluding hydrogens is 629 g/mol. The van der Waals surface area contributed by atoms with Gasteiger partial charge in [-0.1, -0.05) is 146 Å². The van der Waals surface area contributed by atoms with Crippen LogP contribution in [0.25, 0.3) is 98.8 Å². The van der Waals surface area contributed by atoms with Gasteiger partial charge in [-0.15, -0.1) is 0 Å². The second-order valence-corrected chi connectivity index (χ2v) is 13.7. The average molecular weight is 661 g/mol. The fraction of sp³-hybridized carbons (Fsp3) is 0. The molecule has 0 atom stereocenters. The van der Waals surface area contributed by atoms with Gasteiger partial charge in [0.15, 0.2) is 0 Å². The van der Waals surface area contributed by atoms with Crippen LogP contribution in [0.4, 0.5) is 0 Å². The van der Waals surface area contributed by atoms with E-state index in [9.17, 15) is 0 Å². The van der Waals surface area contributed by atoms with Crippen molar-refractivity contribution < 1.29 is 0 Å². The maximum atomic E-state index is 2.51. The smallest absolute Gasteiger partial charge is 0.0626 e. The summed E-state index contributed by atoms with van der Waals surface area (Å²) in [6.07, 6.45) is 0. The molecule has 0 aliphatic rings. The topological polar surface area (TPSA) is 9.86 Å². The minimum absolute atomic E-state index is 1.15. The van der Waals surface area contributed by atoms with Gasteiger partial charge < -0.3 is 9.13 Å². The third kappa shape index (κ3) is 4.25. The molecule has 2 aromatic heterocycles. The first-order valence-corrected chi connectivity index (χ1v) is 17.9. The number of fused-ring (bicyclic) bond motifs is 9. The van der Waals surface area contributed by atoms with Gasteiger partial charge in [-0.2, -0.15) is 0 Å². The molecule has 242 valence electrons. The molecule has 0 bridgehead atoms. The Morgan fingerprint density at radius 2 is 0.865 bits per heavy atom. The second kappa shape index (κ2) is 11.3. The molecule has 0 aliphatic carbocycles. The highest BCUT2D eigenvalue weighted by atomic mass is 15.0. The summed E-state index contributed by atoms with van der Waals surface area (Å²) in [4.78, 5) is 0. The van der Waals surface area contributed by atoms with E-state index >= 15 is 0 Å². The summed E-state index contributed by atoms with van der Waals surface area (Å²) in [5.74, 6) is 0. The van der Waals surface area contributed by atoms with Crippen LogP contribution in [0.1, 0.15) is 0 Å². The third-order valence-corrected chi connectivity index (χ3v) is 10.9. The molecule has 2 heterocycles. The number of para-hydroxylation sites is 2. The lowest BCUT2D eigenvalue weighted by Gasteiger charge is -2.15. The highest BCUT2D eigenvalue weighted by molar-refractivity contribution is 6.26. The van der Waals surface area contributed by atoms with Gasteiger partial charge in [-0.3, -0.25) is 0 Å². The quantitative estimate of drug-likeness (QED) is 0.178. The van der Waals surface area contributed by atoms with Crippen LogP contribution >= 0.6 is 0 Å². The van der Waals surface area contributed by atoms with Crippen molar-refractivity contribution in [1.29, 1.82) is 0 Å². The van der Waals surface area contributed by atoms with Crippen molar-refractivity contribution in [3.8, 4) is 33.6 Å². The fourth-order valence-corrected chi connectivity index (χ4v) is 8.57. The van der Waals surface area contributed by atoms with Crippen LogP contribution in [0.2, 0.25) is 0 Å². The lowest BCUT2D eigenvalue weighted by molar-refractivity contribution is 1.18. The van der Waals surface area contributed by atoms with Gasteiger partial charge >= 0.3 is 0 Å². The molecule has 0 saturated carbocycles. The lowest BCUT2D eigenvalue weighted by Crippen LogP contribution is -1.97. The van der Waals surface area contributed by atoms with Gasteiger partial charge in [0.1, 0.15) is 0 Å². The first kappa shape index (κ1) is 28.9. The van der Waals surface area contributed by atoms with E-state index < -0.39 is 0 Å². The Hall–Kier alpha value is -6.90. The average Bonchev–Trinajstić information content (AvgIpc) is 3.73. The number of rotatable bonds is 4. The van der Waals surface area contributed by atoms with E-state index in [1.54, 1.807) is 0 Å². The summed E-state index contributed by atoms with van der Waals surface area (Å²) in [5.41, 5.74) is 12.1. The summed E-state index contributed by atoms with van der Waals surface area (Å²) < 4.78 is 4.92. The van der Waals surface area contributed by atoms with Crippen molar-refractivity contribution in [1.82, 2.24) is 9.13 Å². The number of benzene rings is 9. The van der Waals surface area contributed by atoms with E-state index in [2.05, 4.69) is 203 Å². The van der Waals surface area contributed by atoms with Gasteiger partial charge in [0.25, 0.3) is 0 Å². The van der Waals surface area contributed by atoms with Gasteiger partial charge in [0.05, 0.1) is 22.1 Å². The van der Waals surface area contributed by atoms with Crippen molar-refractivity contribution in [2.24, 2.45) is 0 Å². The van der Waals surface area contributed by atoms with Gasteiger partial charge in [-0.05, 0) is 81.4 Å². The monoisotopic (exact) mass is 660 g/mol. The predicted octanol–water partition coefficient (Wildman–Crippen LogP) is 13.5. The normalized spacial score (nSPS) is 11.8. The molecule has 11 rings (SSSR count). The van der Waals surface area contributed by atoms with Crippen molar-refractivity contribution in [2.75, 3.05) is 0 Å². The molecule has 0 amide bonds. The summed E-state index contributed by atoms with van der Waals surface area (Å²) >= 11 is 0. The predicted molar refractivity (Wildman–Crippen MR) is 221 cm³/mol. The number of hydrogen-bond acceptors (Lipinski definition) is 0. The Morgan fingerprint density at radius 1 is 0.269 bits per heavy atom. The molecule has 0 radical (unpaired) electrons. The zero-order chi connectivity index (χ0) is 34.2. The van der Waals surface area contributed by atoms with E-state index in [-0.39, 0.29) is 0 Å². The maximum Gasteiger partial charge on any atom is 0.0626 e. The minimum atomic E-state index is 1.15. The molecule has 11 aromatic rings. The Labute approximate surface area is 301 Å². The Kier molecular flexibility index (Phi) is 6.28. The van der Waals surface area contributed by atoms with E-state index in [0.29, 0.717) is 0 Å². The lowest BCUT2D eigenvalue weighted by atomic mass is 9.93. The van der Waals surface area contributed by atoms with E-state index in [0.717, 1.165) is 11.4 Å². The highest BCUT2D eigenvalue weighted by Crippen LogP contribution is 2.45. The Bertz CT molecular complexity index is 3150. The van der Waals surface area contributed by atoms with Crippen molar-refractivity contribution >= 4 is 65.2 Å². The zero-order valence-electron chi connectivity index (χ0n) is 28.4. The van der Waals surface area contributed by atoms with Crippen LogP contribution < -0.4 is 0 Å². The van der Waals surface area contributed by atoms with Crippen molar-refractivity contribution in [3.63, 3.8) is 0 Å². The molecule has 9 aromatic carbocycles. The van der Waals surface area contributed by atoms with Crippen LogP contribution in [0.3, 0.4) is 0 Å². The fourth-order valence-electron chi connectivity index (χ4n) is 8.57. The van der Waals surface area contributed by atoms with Crippen LogP contribution in [0, 0.1) is 0 Å². The molecule has 2 nitrogen and oxygen atoms in total. The van der Waals surface area contributed by atoms with E-state index in [4.69, 9.17) is 0 Å². The Balaban J connectivity index is 1.23. The molecular formula is C50H32N2. The first-order chi connectivity index (χ1) is 25.8. The summed E-state index contributed by atoms with van der Waals surface area (Å²) in [7, 11) is 0. The summed E-state index contributed by atoms with van der Waals surface area (Å²) in [6, 6.07) is 71.0. The van der Waals surface area contributed by atoms with Gasteiger partial charge in [0, 0.05) is 43.9 Å². The third-order valence-electron chi connectivity index (χ3n) is 10.9. The zero-order valence-corrected chi connectivity index (χ0v) is 28.4. The second-order valence-electron chi connectivity index (χ2n) is 13.7. The SMILES string of the molecule is c1ccc(-c2ccc(-n3c4ccccc4c4cc(-c5c6ccccc6cc6c7ccc8ccccc8c7n(-c7ccccc7)c56)ccc43)cc2)cc1. The van der Waals surface area contributed by atoms with Crippen molar-refractivity contribution in [3.05, 3.63) is 194 Å². The molecule has 0 saturated heterocycles. The van der Waals surface area contributed by atoms with E-state index in [1.807, 2.05) is 0 Å². The molecule has 2 heteroatoms. The molecule has 0 spiro atoms. The molecule has 0 fully saturated rings. The molecule has 0 N–H and O–H groups in total. The summed E-state index contributed by atoms with van der Waals surface area (Å²) in [5, 5.41) is 10.0. The molecule has 0 unspecified atom stereocenters. The molecule has 0 aliphatic heterocycles. The maximum absolute atomic E-state index is 2.51. The largest absolute Gasteiger partial charge is 0.309 e. The standard InChI is InChI=1S/C50H32N2/c1-3-13-33(14-4-1)34-23-27-39(28-24-34)51-46-22-12-11-21-42(46)44-32-37(26-30-47(44)51)48-40-19-9-8-16-36(40)31-45-43-29-25-35-15-7-10-20-41(35)49(43)52(50(45)48)38-17-5-2-6-18-38/h1-32H. The number of nitrogens with zero attached hydrogens (tertiary/aromatic N) is 2. The van der Waals surface area contributed by atoms with Gasteiger partial charge in [-0.25, -0.2) is 0 Å². The summed E-state index contributed by atoms with van der Waals surface area (Å²) in [6.45, 7) is 0. The highest BCUT2D eigenvalue weighted by Gasteiger charge is 2.22. The van der Waals surface area contributed by atoms with Gasteiger partial charge in [0.2, 0.25) is 0 Å². The number of aromatic nitrogens is 2. The molecule has 52 heavy (non-hydrogen) atoms. The van der Waals surface area contributed by atoms with E-state index in [1.165, 1.54) is 87.4 Å². The number of hydrogen-bond donors (Lipinski definition) is 0. The first-order valence-electron chi connectivity index (χ1n) is 17.9. The van der Waals surface area contributed by atoms with Crippen LogP contribution in [0.15, 0.2) is 194 Å². The minimum Gasteiger partial charge on any atom is -0.309 e.